The number of nitrogens with zero attached hydrogens (tertiary/aromatic N) is 5. The van der Waals surface area contributed by atoms with E-state index in [-0.39, 0.29) is 16.8 Å². The third kappa shape index (κ3) is 5.56. The predicted octanol–water partition coefficient (Wildman–Crippen LogP) is 3.29. The van der Waals surface area contributed by atoms with E-state index in [1.165, 1.54) is 11.4 Å². The number of carbonyl (C=O) groups is 1. The molecule has 1 atom stereocenters. The van der Waals surface area contributed by atoms with Crippen LogP contribution in [0.15, 0.2) is 65.7 Å². The first-order chi connectivity index (χ1) is 18.8. The summed E-state index contributed by atoms with van der Waals surface area (Å²) in [5, 5.41) is 4.88. The highest BCUT2D eigenvalue weighted by Gasteiger charge is 2.31. The fraction of sp³-hybridized carbons (Fsp3) is 0.357. The number of para-hydroxylation sites is 2. The van der Waals surface area contributed by atoms with Crippen LogP contribution in [0.5, 0.6) is 0 Å². The van der Waals surface area contributed by atoms with Crippen LogP contribution in [0, 0.1) is 5.92 Å². The number of pyridine rings is 1. The van der Waals surface area contributed by atoms with Crippen LogP contribution in [0.1, 0.15) is 19.7 Å². The maximum Gasteiger partial charge on any atom is 0.328 e. The summed E-state index contributed by atoms with van der Waals surface area (Å²) in [5.74, 6) is 0.803. The molecule has 0 unspecified atom stereocenters. The van der Waals surface area contributed by atoms with Gasteiger partial charge in [0.05, 0.1) is 24.7 Å². The number of piperazine rings is 1. The second-order valence-corrected chi connectivity index (χ2v) is 11.8. The molecule has 0 bridgehead atoms. The van der Waals surface area contributed by atoms with Gasteiger partial charge in [-0.1, -0.05) is 44.2 Å². The Bertz CT molecular complexity index is 1600. The smallest absolute Gasteiger partial charge is 0.328 e. The highest BCUT2D eigenvalue weighted by Crippen LogP contribution is 2.26. The second kappa shape index (κ2) is 11.2. The molecule has 3 heterocycles. The Labute approximate surface area is 228 Å². The van der Waals surface area contributed by atoms with Gasteiger partial charge in [0.25, 0.3) is 0 Å². The number of hydrogen-bond acceptors (Lipinski definition) is 9. The Hall–Kier alpha value is -3.67. The molecular formula is C28H32N6O4S. The molecule has 0 radical (unpaired) electrons. The summed E-state index contributed by atoms with van der Waals surface area (Å²) in [6.45, 7) is 6.11. The number of anilines is 1. The summed E-state index contributed by atoms with van der Waals surface area (Å²) < 4.78 is 33.5. The van der Waals surface area contributed by atoms with Gasteiger partial charge in [-0.2, -0.15) is 4.31 Å². The van der Waals surface area contributed by atoms with Crippen molar-refractivity contribution in [1.29, 1.82) is 0 Å². The molecule has 2 aromatic carbocycles. The lowest BCUT2D eigenvalue weighted by Crippen LogP contribution is -2.48. The molecule has 39 heavy (non-hydrogen) atoms. The maximum absolute atomic E-state index is 13.5. The van der Waals surface area contributed by atoms with Crippen LogP contribution < -0.4 is 5.32 Å². The van der Waals surface area contributed by atoms with E-state index in [1.807, 2.05) is 50.2 Å². The molecule has 0 aliphatic carbocycles. The molecule has 204 valence electrons. The van der Waals surface area contributed by atoms with Gasteiger partial charge in [0, 0.05) is 43.1 Å². The Balaban J connectivity index is 1.33. The molecule has 1 saturated heterocycles. The predicted molar refractivity (Wildman–Crippen MR) is 150 cm³/mol. The number of esters is 1. The Kier molecular flexibility index (Phi) is 7.74. The van der Waals surface area contributed by atoms with Crippen molar-refractivity contribution in [1.82, 2.24) is 24.2 Å². The molecule has 1 aliphatic rings. The molecule has 0 saturated carbocycles. The van der Waals surface area contributed by atoms with Gasteiger partial charge in [-0.25, -0.2) is 23.2 Å². The number of rotatable bonds is 8. The lowest BCUT2D eigenvalue weighted by molar-refractivity contribution is -0.142. The van der Waals surface area contributed by atoms with Crippen molar-refractivity contribution in [3.63, 3.8) is 0 Å². The number of carbonyl (C=O) groups excluding carboxylic acids is 1. The van der Waals surface area contributed by atoms with Crippen molar-refractivity contribution in [3.8, 4) is 0 Å². The van der Waals surface area contributed by atoms with E-state index in [0.29, 0.717) is 49.9 Å². The average Bonchev–Trinajstić information content (AvgIpc) is 2.95. The number of benzene rings is 2. The number of sulfonamides is 1. The molecule has 5 rings (SSSR count). The molecule has 0 spiro atoms. The average molecular weight is 549 g/mol. The molecule has 11 heteroatoms. The Morgan fingerprint density at radius 1 is 1.00 bits per heavy atom. The van der Waals surface area contributed by atoms with Gasteiger partial charge in [-0.05, 0) is 30.2 Å². The van der Waals surface area contributed by atoms with E-state index < -0.39 is 16.1 Å². The third-order valence-electron chi connectivity index (χ3n) is 6.97. The van der Waals surface area contributed by atoms with Crippen LogP contribution in [0.25, 0.3) is 21.8 Å². The van der Waals surface area contributed by atoms with Gasteiger partial charge in [0.15, 0.2) is 0 Å². The fourth-order valence-corrected chi connectivity index (χ4v) is 6.42. The van der Waals surface area contributed by atoms with Crippen LogP contribution in [-0.4, -0.2) is 77.9 Å². The Morgan fingerprint density at radius 3 is 2.49 bits per heavy atom. The minimum atomic E-state index is -3.69. The fourth-order valence-electron chi connectivity index (χ4n) is 4.83. The minimum Gasteiger partial charge on any atom is -0.467 e. The van der Waals surface area contributed by atoms with Gasteiger partial charge >= 0.3 is 5.97 Å². The van der Waals surface area contributed by atoms with E-state index >= 15 is 0 Å². The third-order valence-corrected chi connectivity index (χ3v) is 8.90. The standard InChI is InChI=1S/C28H32N6O4S/c1-19(2)25(28(35)38-3)32-27-21-10-4-5-11-22(21)30-24(31-27)18-33-14-16-34(17-15-33)39(36,37)23-12-6-8-20-9-7-13-29-26(20)23/h4-13,19,25H,14-18H2,1-3H3,(H,30,31,32)/t25-/m0/s1. The first-order valence-corrected chi connectivity index (χ1v) is 14.4. The summed E-state index contributed by atoms with van der Waals surface area (Å²) >= 11 is 0. The van der Waals surface area contributed by atoms with Crippen LogP contribution in [0.4, 0.5) is 5.82 Å². The quantitative estimate of drug-likeness (QED) is 0.331. The SMILES string of the molecule is COC(=O)[C@@H](Nc1nc(CN2CCN(S(=O)(=O)c3cccc4cccnc34)CC2)nc2ccccc12)C(C)C. The zero-order valence-corrected chi connectivity index (χ0v) is 23.1. The summed E-state index contributed by atoms with van der Waals surface area (Å²) in [6, 6.07) is 16.0. The Morgan fingerprint density at radius 2 is 1.74 bits per heavy atom. The summed E-state index contributed by atoms with van der Waals surface area (Å²) in [7, 11) is -2.32. The van der Waals surface area contributed by atoms with Crippen molar-refractivity contribution in [2.75, 3.05) is 38.6 Å². The molecule has 4 aromatic rings. The molecule has 1 fully saturated rings. The van der Waals surface area contributed by atoms with Gasteiger partial charge in [-0.15, -0.1) is 0 Å². The van der Waals surface area contributed by atoms with Gasteiger partial charge in [0.1, 0.15) is 22.6 Å². The van der Waals surface area contributed by atoms with E-state index in [9.17, 15) is 13.2 Å². The zero-order chi connectivity index (χ0) is 27.6. The topological polar surface area (TPSA) is 118 Å². The van der Waals surface area contributed by atoms with Crippen molar-refractivity contribution in [3.05, 3.63) is 66.6 Å². The van der Waals surface area contributed by atoms with E-state index in [0.717, 1.165) is 16.3 Å². The van der Waals surface area contributed by atoms with Gasteiger partial charge in [0.2, 0.25) is 10.0 Å². The van der Waals surface area contributed by atoms with E-state index in [2.05, 4.69) is 15.2 Å². The van der Waals surface area contributed by atoms with Crippen LogP contribution in [-0.2, 0) is 26.1 Å². The van der Waals surface area contributed by atoms with E-state index in [1.54, 1.807) is 24.4 Å². The summed E-state index contributed by atoms with van der Waals surface area (Å²) in [4.78, 5) is 28.6. The molecular weight excluding hydrogens is 516 g/mol. The lowest BCUT2D eigenvalue weighted by Gasteiger charge is -2.33. The van der Waals surface area contributed by atoms with Crippen molar-refractivity contribution in [2.24, 2.45) is 5.92 Å². The van der Waals surface area contributed by atoms with Crippen LogP contribution in [0.3, 0.4) is 0 Å². The second-order valence-electron chi connectivity index (χ2n) is 9.91. The maximum atomic E-state index is 13.5. The van der Waals surface area contributed by atoms with Gasteiger partial charge in [-0.3, -0.25) is 9.88 Å². The first kappa shape index (κ1) is 26.9. The first-order valence-electron chi connectivity index (χ1n) is 12.9. The normalized spacial score (nSPS) is 16.0. The number of methoxy groups -OCH3 is 1. The molecule has 10 nitrogen and oxygen atoms in total. The summed E-state index contributed by atoms with van der Waals surface area (Å²) in [6.07, 6.45) is 1.61. The lowest BCUT2D eigenvalue weighted by atomic mass is 10.0. The summed E-state index contributed by atoms with van der Waals surface area (Å²) in [5.41, 5.74) is 1.25. The molecule has 1 aliphatic heterocycles. The number of nitrogens with one attached hydrogen (secondary N) is 1. The van der Waals surface area contributed by atoms with Crippen molar-refractivity contribution < 1.29 is 17.9 Å². The van der Waals surface area contributed by atoms with Crippen LogP contribution >= 0.6 is 0 Å². The van der Waals surface area contributed by atoms with Crippen molar-refractivity contribution in [2.45, 2.75) is 31.3 Å². The van der Waals surface area contributed by atoms with Crippen LogP contribution in [0.2, 0.25) is 0 Å². The zero-order valence-electron chi connectivity index (χ0n) is 22.2. The minimum absolute atomic E-state index is 0.0124. The number of ether oxygens (including phenoxy) is 1. The highest BCUT2D eigenvalue weighted by molar-refractivity contribution is 7.89. The molecule has 2 aromatic heterocycles. The molecule has 0 amide bonds. The number of aromatic nitrogens is 3. The van der Waals surface area contributed by atoms with E-state index in [4.69, 9.17) is 14.7 Å². The largest absolute Gasteiger partial charge is 0.467 e. The van der Waals surface area contributed by atoms with Crippen molar-refractivity contribution >= 4 is 43.6 Å². The highest BCUT2D eigenvalue weighted by atomic mass is 32.2. The molecule has 1 N–H and O–H groups in total. The number of fused-ring (bicyclic) bond motifs is 2. The monoisotopic (exact) mass is 548 g/mol. The number of hydrogen-bond donors (Lipinski definition) is 1. The van der Waals surface area contributed by atoms with Gasteiger partial charge < -0.3 is 10.1 Å².